The maximum atomic E-state index is 11.6. The highest BCUT2D eigenvalue weighted by molar-refractivity contribution is 5.97. The lowest BCUT2D eigenvalue weighted by Gasteiger charge is -2.20. The summed E-state index contributed by atoms with van der Waals surface area (Å²) >= 11 is 0. The maximum Gasteiger partial charge on any atom is 0.263 e. The van der Waals surface area contributed by atoms with E-state index in [-0.39, 0.29) is 18.4 Å². The minimum Gasteiger partial charge on any atom is -0.480 e. The Bertz CT molecular complexity index is 501. The van der Waals surface area contributed by atoms with E-state index >= 15 is 0 Å². The second-order valence-corrected chi connectivity index (χ2v) is 4.00. The fourth-order valence-electron chi connectivity index (χ4n) is 1.99. The predicted octanol–water partition coefficient (Wildman–Crippen LogP) is 0.539. The normalized spacial score (nSPS) is 18.7. The van der Waals surface area contributed by atoms with E-state index in [9.17, 15) is 9.59 Å². The van der Waals surface area contributed by atoms with E-state index in [1.54, 1.807) is 17.0 Å². The molecule has 1 fully saturated rings. The molecule has 0 aromatic carbocycles. The number of anilines is 2. The number of hydrogen-bond acceptors (Lipinski definition) is 4. The van der Waals surface area contributed by atoms with Crippen LogP contribution in [0.15, 0.2) is 12.1 Å². The highest BCUT2D eigenvalue weighted by Crippen LogP contribution is 2.29. The van der Waals surface area contributed by atoms with Crippen LogP contribution in [0.4, 0.5) is 11.6 Å². The van der Waals surface area contributed by atoms with Crippen molar-refractivity contribution in [1.82, 2.24) is 4.98 Å². The summed E-state index contributed by atoms with van der Waals surface area (Å²) in [7, 11) is 0. The number of ether oxygens (including phenoxy) is 1. The molecule has 88 valence electrons. The SMILES string of the molecule is O=C1COc2ccc(N3CCCC3=O)nc2N1. The van der Waals surface area contributed by atoms with Crippen LogP contribution in [0.3, 0.4) is 0 Å². The molecular formula is C11H11N3O3. The van der Waals surface area contributed by atoms with Crippen LogP contribution in [0.1, 0.15) is 12.8 Å². The van der Waals surface area contributed by atoms with Gasteiger partial charge >= 0.3 is 0 Å². The molecule has 0 saturated carbocycles. The molecule has 1 aromatic heterocycles. The summed E-state index contributed by atoms with van der Waals surface area (Å²) in [6.07, 6.45) is 1.40. The van der Waals surface area contributed by atoms with Crippen LogP contribution in [0, 0.1) is 0 Å². The van der Waals surface area contributed by atoms with E-state index in [0.29, 0.717) is 30.4 Å². The third-order valence-electron chi connectivity index (χ3n) is 2.81. The second kappa shape index (κ2) is 3.73. The third-order valence-corrected chi connectivity index (χ3v) is 2.81. The minimum absolute atomic E-state index is 0.0106. The van der Waals surface area contributed by atoms with Crippen LogP contribution in [0.25, 0.3) is 0 Å². The number of pyridine rings is 1. The molecule has 3 heterocycles. The molecule has 1 aromatic rings. The zero-order valence-corrected chi connectivity index (χ0v) is 9.10. The van der Waals surface area contributed by atoms with Gasteiger partial charge in [0.05, 0.1) is 0 Å². The van der Waals surface area contributed by atoms with Gasteiger partial charge in [-0.2, -0.15) is 0 Å². The van der Waals surface area contributed by atoms with Gasteiger partial charge in [0.25, 0.3) is 5.91 Å². The van der Waals surface area contributed by atoms with E-state index < -0.39 is 0 Å². The van der Waals surface area contributed by atoms with Crippen LogP contribution in [-0.4, -0.2) is 29.9 Å². The van der Waals surface area contributed by atoms with Crippen molar-refractivity contribution in [2.24, 2.45) is 0 Å². The molecule has 17 heavy (non-hydrogen) atoms. The molecular weight excluding hydrogens is 222 g/mol. The highest BCUT2D eigenvalue weighted by Gasteiger charge is 2.25. The Morgan fingerprint density at radius 2 is 2.24 bits per heavy atom. The third kappa shape index (κ3) is 1.71. The number of fused-ring (bicyclic) bond motifs is 1. The molecule has 0 unspecified atom stereocenters. The molecule has 2 aliphatic rings. The summed E-state index contributed by atoms with van der Waals surface area (Å²) in [5.74, 6) is 1.34. The molecule has 0 aliphatic carbocycles. The van der Waals surface area contributed by atoms with Crippen molar-refractivity contribution >= 4 is 23.5 Å². The number of nitrogens with one attached hydrogen (secondary N) is 1. The number of nitrogens with zero attached hydrogens (tertiary/aromatic N) is 2. The number of rotatable bonds is 1. The van der Waals surface area contributed by atoms with E-state index in [0.717, 1.165) is 6.42 Å². The van der Waals surface area contributed by atoms with Gasteiger partial charge in [0.1, 0.15) is 5.82 Å². The Hall–Kier alpha value is -2.11. The zero-order valence-electron chi connectivity index (χ0n) is 9.10. The summed E-state index contributed by atoms with van der Waals surface area (Å²) < 4.78 is 5.20. The van der Waals surface area contributed by atoms with Crippen LogP contribution in [0.2, 0.25) is 0 Å². The van der Waals surface area contributed by atoms with Crippen LogP contribution < -0.4 is 15.0 Å². The quantitative estimate of drug-likeness (QED) is 0.768. The minimum atomic E-state index is -0.227. The number of amides is 2. The lowest BCUT2D eigenvalue weighted by molar-refractivity contribution is -0.118. The molecule has 0 bridgehead atoms. The summed E-state index contributed by atoms with van der Waals surface area (Å²) in [6, 6.07) is 3.46. The summed E-state index contributed by atoms with van der Waals surface area (Å²) in [6.45, 7) is 0.691. The number of carbonyl (C=O) groups is 2. The first-order valence-corrected chi connectivity index (χ1v) is 5.48. The highest BCUT2D eigenvalue weighted by atomic mass is 16.5. The monoisotopic (exact) mass is 233 g/mol. The fraction of sp³-hybridized carbons (Fsp3) is 0.364. The van der Waals surface area contributed by atoms with Gasteiger partial charge in [0.15, 0.2) is 18.2 Å². The number of carbonyl (C=O) groups excluding carboxylic acids is 2. The average molecular weight is 233 g/mol. The Morgan fingerprint density at radius 1 is 1.35 bits per heavy atom. The summed E-state index contributed by atoms with van der Waals surface area (Å²) in [4.78, 5) is 28.6. The van der Waals surface area contributed by atoms with Gasteiger partial charge in [0, 0.05) is 13.0 Å². The first-order valence-electron chi connectivity index (χ1n) is 5.48. The lowest BCUT2D eigenvalue weighted by Crippen LogP contribution is -2.28. The molecule has 0 atom stereocenters. The van der Waals surface area contributed by atoms with Gasteiger partial charge < -0.3 is 10.1 Å². The molecule has 1 saturated heterocycles. The van der Waals surface area contributed by atoms with Crippen LogP contribution in [-0.2, 0) is 9.59 Å². The molecule has 6 nitrogen and oxygen atoms in total. The number of aromatic nitrogens is 1. The first-order chi connectivity index (χ1) is 8.24. The predicted molar refractivity (Wildman–Crippen MR) is 59.9 cm³/mol. The van der Waals surface area contributed by atoms with Gasteiger partial charge in [-0.25, -0.2) is 4.98 Å². The average Bonchev–Trinajstić information content (AvgIpc) is 2.74. The molecule has 2 aliphatic heterocycles. The van der Waals surface area contributed by atoms with E-state index in [1.807, 2.05) is 0 Å². The maximum absolute atomic E-state index is 11.6. The second-order valence-electron chi connectivity index (χ2n) is 4.00. The standard InChI is InChI=1S/C11H11N3O3/c15-9-6-17-7-3-4-8(12-11(7)13-9)14-5-1-2-10(14)16/h3-4H,1-2,5-6H2,(H,12,13,15). The van der Waals surface area contributed by atoms with Crippen molar-refractivity contribution in [2.75, 3.05) is 23.4 Å². The van der Waals surface area contributed by atoms with Crippen molar-refractivity contribution in [1.29, 1.82) is 0 Å². The van der Waals surface area contributed by atoms with Crippen molar-refractivity contribution in [3.05, 3.63) is 12.1 Å². The lowest BCUT2D eigenvalue weighted by atomic mass is 10.3. The first kappa shape index (κ1) is 10.1. The topological polar surface area (TPSA) is 71.5 Å². The molecule has 6 heteroatoms. The van der Waals surface area contributed by atoms with Crippen LogP contribution in [0.5, 0.6) is 5.75 Å². The fourth-order valence-corrected chi connectivity index (χ4v) is 1.99. The van der Waals surface area contributed by atoms with Gasteiger partial charge in [0.2, 0.25) is 5.91 Å². The van der Waals surface area contributed by atoms with Crippen molar-refractivity contribution in [3.8, 4) is 5.75 Å². The zero-order chi connectivity index (χ0) is 11.8. The molecule has 2 amide bonds. The molecule has 3 rings (SSSR count). The molecule has 0 spiro atoms. The molecule has 0 radical (unpaired) electrons. The van der Waals surface area contributed by atoms with Gasteiger partial charge in [-0.05, 0) is 18.6 Å². The number of hydrogen-bond donors (Lipinski definition) is 1. The largest absolute Gasteiger partial charge is 0.480 e. The van der Waals surface area contributed by atoms with Gasteiger partial charge in [-0.15, -0.1) is 0 Å². The Kier molecular flexibility index (Phi) is 2.21. The summed E-state index contributed by atoms with van der Waals surface area (Å²) in [5.41, 5.74) is 0. The molecule has 1 N–H and O–H groups in total. The Morgan fingerprint density at radius 3 is 3.00 bits per heavy atom. The van der Waals surface area contributed by atoms with Crippen LogP contribution >= 0.6 is 0 Å². The van der Waals surface area contributed by atoms with E-state index in [2.05, 4.69) is 10.3 Å². The Labute approximate surface area is 97.6 Å². The Balaban J connectivity index is 1.94. The van der Waals surface area contributed by atoms with Crippen molar-refractivity contribution < 1.29 is 14.3 Å². The van der Waals surface area contributed by atoms with Crippen molar-refractivity contribution in [3.63, 3.8) is 0 Å². The summed E-state index contributed by atoms with van der Waals surface area (Å²) in [5, 5.41) is 2.63. The van der Waals surface area contributed by atoms with Gasteiger partial charge in [-0.3, -0.25) is 14.5 Å². The van der Waals surface area contributed by atoms with E-state index in [1.165, 1.54) is 0 Å². The van der Waals surface area contributed by atoms with Crippen molar-refractivity contribution in [2.45, 2.75) is 12.8 Å². The smallest absolute Gasteiger partial charge is 0.263 e. The van der Waals surface area contributed by atoms with Gasteiger partial charge in [-0.1, -0.05) is 0 Å². The van der Waals surface area contributed by atoms with E-state index in [4.69, 9.17) is 4.74 Å².